The van der Waals surface area contributed by atoms with Crippen LogP contribution in [0.15, 0.2) is 73.1 Å². The maximum absolute atomic E-state index is 13.1. The van der Waals surface area contributed by atoms with Gasteiger partial charge in [-0.15, -0.1) is 0 Å². The maximum Gasteiger partial charge on any atom is 0.252 e. The van der Waals surface area contributed by atoms with E-state index in [1.807, 2.05) is 66.3 Å². The van der Waals surface area contributed by atoms with Crippen LogP contribution >= 0.6 is 0 Å². The number of carbonyl (C=O) groups is 1. The Balaban J connectivity index is 1.43. The number of benzene rings is 2. The Labute approximate surface area is 179 Å². The fraction of sp³-hybridized carbons (Fsp3) is 0.160. The van der Waals surface area contributed by atoms with Gasteiger partial charge in [-0.2, -0.15) is 5.10 Å². The molecule has 0 aliphatic heterocycles. The number of amides is 1. The molecule has 0 saturated heterocycles. The monoisotopic (exact) mass is 409 g/mol. The number of nitrogens with one attached hydrogen (secondary N) is 2. The molecule has 3 heterocycles. The van der Waals surface area contributed by atoms with Gasteiger partial charge >= 0.3 is 0 Å². The number of aromatic amines is 1. The topological polar surface area (TPSA) is 75.6 Å². The van der Waals surface area contributed by atoms with Crippen LogP contribution in [-0.2, 0) is 13.0 Å². The molecule has 3 aromatic heterocycles. The molecular formula is C25H23N5O. The van der Waals surface area contributed by atoms with Crippen LogP contribution in [0.4, 0.5) is 0 Å². The van der Waals surface area contributed by atoms with Gasteiger partial charge in [-0.25, -0.2) is 9.67 Å². The molecule has 0 atom stereocenters. The van der Waals surface area contributed by atoms with Crippen molar-refractivity contribution < 1.29 is 4.79 Å². The predicted molar refractivity (Wildman–Crippen MR) is 123 cm³/mol. The van der Waals surface area contributed by atoms with E-state index in [-0.39, 0.29) is 5.91 Å². The van der Waals surface area contributed by atoms with E-state index in [1.165, 1.54) is 10.9 Å². The highest BCUT2D eigenvalue weighted by Gasteiger charge is 2.17. The van der Waals surface area contributed by atoms with Gasteiger partial charge in [-0.1, -0.05) is 48.5 Å². The van der Waals surface area contributed by atoms with Gasteiger partial charge in [-0.05, 0) is 31.0 Å². The average Bonchev–Trinajstić information content (AvgIpc) is 3.43. The van der Waals surface area contributed by atoms with Crippen LogP contribution in [0.2, 0.25) is 0 Å². The van der Waals surface area contributed by atoms with Gasteiger partial charge in [0.25, 0.3) is 5.91 Å². The molecule has 2 N–H and O–H groups in total. The van der Waals surface area contributed by atoms with E-state index in [0.717, 1.165) is 34.2 Å². The lowest BCUT2D eigenvalue weighted by Gasteiger charge is -2.09. The van der Waals surface area contributed by atoms with Crippen molar-refractivity contribution in [1.82, 2.24) is 25.1 Å². The number of hydrogen-bond acceptors (Lipinski definition) is 3. The minimum Gasteiger partial charge on any atom is -0.361 e. The number of aryl methyl sites for hydroxylation is 1. The number of carbonyl (C=O) groups excluding carboxylic acids is 1. The predicted octanol–water partition coefficient (Wildman–Crippen LogP) is 4.57. The summed E-state index contributed by atoms with van der Waals surface area (Å²) in [5.74, 6) is -0.111. The summed E-state index contributed by atoms with van der Waals surface area (Å²) in [6.45, 7) is 3.26. The largest absolute Gasteiger partial charge is 0.361 e. The molecular weight excluding hydrogens is 386 g/mol. The zero-order chi connectivity index (χ0) is 21.2. The Morgan fingerprint density at radius 1 is 1.06 bits per heavy atom. The van der Waals surface area contributed by atoms with E-state index >= 15 is 0 Å². The van der Waals surface area contributed by atoms with Crippen LogP contribution < -0.4 is 5.32 Å². The summed E-state index contributed by atoms with van der Waals surface area (Å²) in [5.41, 5.74) is 5.37. The Morgan fingerprint density at radius 2 is 1.87 bits per heavy atom. The lowest BCUT2D eigenvalue weighted by Crippen LogP contribution is -2.26. The highest BCUT2D eigenvalue weighted by molar-refractivity contribution is 6.06. The molecule has 154 valence electrons. The van der Waals surface area contributed by atoms with Crippen molar-refractivity contribution in [2.45, 2.75) is 19.9 Å². The Hall–Kier alpha value is -3.93. The van der Waals surface area contributed by atoms with Crippen molar-refractivity contribution in [2.75, 3.05) is 6.54 Å². The van der Waals surface area contributed by atoms with E-state index in [9.17, 15) is 4.79 Å². The second kappa shape index (κ2) is 8.07. The summed E-state index contributed by atoms with van der Waals surface area (Å²) >= 11 is 0. The summed E-state index contributed by atoms with van der Waals surface area (Å²) < 4.78 is 1.82. The van der Waals surface area contributed by atoms with Gasteiger partial charge in [0.2, 0.25) is 0 Å². The lowest BCUT2D eigenvalue weighted by molar-refractivity contribution is 0.0956. The minimum atomic E-state index is -0.111. The first kappa shape index (κ1) is 19.1. The Bertz CT molecular complexity index is 1370. The quantitative estimate of drug-likeness (QED) is 0.431. The Kier molecular flexibility index (Phi) is 4.96. The standard InChI is InChI=1S/C25H23N5O/c1-2-30-24-21(16-28-30)20(14-23(29-24)17-8-4-3-5-9-17)25(31)26-13-12-18-15-27-22-11-7-6-10-19(18)22/h3-11,14-16,27H,2,12-13H2,1H3,(H,26,31). The molecule has 2 aromatic carbocycles. The van der Waals surface area contributed by atoms with E-state index < -0.39 is 0 Å². The normalized spacial score (nSPS) is 11.3. The summed E-state index contributed by atoms with van der Waals surface area (Å²) in [6.07, 6.45) is 4.50. The van der Waals surface area contributed by atoms with E-state index in [0.29, 0.717) is 18.7 Å². The van der Waals surface area contributed by atoms with Crippen LogP contribution in [0.1, 0.15) is 22.8 Å². The van der Waals surface area contributed by atoms with Crippen LogP contribution in [0.3, 0.4) is 0 Å². The molecule has 6 nitrogen and oxygen atoms in total. The van der Waals surface area contributed by atoms with Crippen molar-refractivity contribution in [3.05, 3.63) is 84.2 Å². The summed E-state index contributed by atoms with van der Waals surface area (Å²) in [7, 11) is 0. The Morgan fingerprint density at radius 3 is 2.71 bits per heavy atom. The van der Waals surface area contributed by atoms with Gasteiger partial charge in [-0.3, -0.25) is 4.79 Å². The van der Waals surface area contributed by atoms with Gasteiger partial charge in [0.1, 0.15) is 0 Å². The molecule has 0 spiro atoms. The van der Waals surface area contributed by atoms with Gasteiger partial charge in [0.15, 0.2) is 5.65 Å². The molecule has 6 heteroatoms. The smallest absolute Gasteiger partial charge is 0.252 e. The third-order valence-electron chi connectivity index (χ3n) is 5.58. The minimum absolute atomic E-state index is 0.111. The van der Waals surface area contributed by atoms with Crippen molar-refractivity contribution in [3.8, 4) is 11.3 Å². The zero-order valence-electron chi connectivity index (χ0n) is 17.3. The number of para-hydroxylation sites is 1. The number of rotatable bonds is 6. The molecule has 0 fully saturated rings. The second-order valence-corrected chi connectivity index (χ2v) is 7.48. The molecule has 0 aliphatic rings. The van der Waals surface area contributed by atoms with Crippen LogP contribution in [0, 0.1) is 0 Å². The second-order valence-electron chi connectivity index (χ2n) is 7.48. The fourth-order valence-electron chi connectivity index (χ4n) is 3.97. The average molecular weight is 409 g/mol. The molecule has 0 saturated carbocycles. The van der Waals surface area contributed by atoms with Gasteiger partial charge in [0.05, 0.1) is 22.8 Å². The number of hydrogen-bond donors (Lipinski definition) is 2. The van der Waals surface area contributed by atoms with Crippen molar-refractivity contribution in [3.63, 3.8) is 0 Å². The molecule has 5 rings (SSSR count). The summed E-state index contributed by atoms with van der Waals surface area (Å²) in [5, 5.41) is 9.46. The number of pyridine rings is 1. The molecule has 0 bridgehead atoms. The van der Waals surface area contributed by atoms with E-state index in [4.69, 9.17) is 4.98 Å². The molecule has 0 unspecified atom stereocenters. The first-order chi connectivity index (χ1) is 15.2. The summed E-state index contributed by atoms with van der Waals surface area (Å²) in [4.78, 5) is 21.2. The van der Waals surface area contributed by atoms with Crippen LogP contribution in [-0.4, -0.2) is 32.2 Å². The lowest BCUT2D eigenvalue weighted by atomic mass is 10.1. The fourth-order valence-corrected chi connectivity index (χ4v) is 3.97. The number of aromatic nitrogens is 4. The highest BCUT2D eigenvalue weighted by atomic mass is 16.1. The van der Waals surface area contributed by atoms with E-state index in [2.05, 4.69) is 27.5 Å². The number of H-pyrrole nitrogens is 1. The van der Waals surface area contributed by atoms with Gasteiger partial charge in [0, 0.05) is 35.8 Å². The summed E-state index contributed by atoms with van der Waals surface area (Å²) in [6, 6.07) is 20.0. The SMILES string of the molecule is CCn1ncc2c(C(=O)NCCc3c[nH]c4ccccc34)cc(-c3ccccc3)nc21. The first-order valence-corrected chi connectivity index (χ1v) is 10.5. The maximum atomic E-state index is 13.1. The third kappa shape index (κ3) is 3.57. The molecule has 0 radical (unpaired) electrons. The number of fused-ring (bicyclic) bond motifs is 2. The molecule has 1 amide bonds. The van der Waals surface area contributed by atoms with Gasteiger partial charge < -0.3 is 10.3 Å². The zero-order valence-corrected chi connectivity index (χ0v) is 17.3. The molecule has 31 heavy (non-hydrogen) atoms. The van der Waals surface area contributed by atoms with Crippen LogP contribution in [0.25, 0.3) is 33.2 Å². The van der Waals surface area contributed by atoms with Crippen LogP contribution in [0.5, 0.6) is 0 Å². The third-order valence-corrected chi connectivity index (χ3v) is 5.58. The van der Waals surface area contributed by atoms with E-state index in [1.54, 1.807) is 6.20 Å². The molecule has 5 aromatic rings. The van der Waals surface area contributed by atoms with Crippen molar-refractivity contribution in [1.29, 1.82) is 0 Å². The molecule has 0 aliphatic carbocycles. The number of nitrogens with zero attached hydrogens (tertiary/aromatic N) is 3. The van der Waals surface area contributed by atoms with Crippen molar-refractivity contribution in [2.24, 2.45) is 0 Å². The highest BCUT2D eigenvalue weighted by Crippen LogP contribution is 2.25. The van der Waals surface area contributed by atoms with Crippen molar-refractivity contribution >= 4 is 27.8 Å². The first-order valence-electron chi connectivity index (χ1n) is 10.5.